The van der Waals surface area contributed by atoms with Crippen LogP contribution in [0.2, 0.25) is 5.02 Å². The van der Waals surface area contributed by atoms with Crippen molar-refractivity contribution in [2.75, 3.05) is 19.8 Å². The molecule has 3 aromatic rings. The number of benzene rings is 2. The lowest BCUT2D eigenvalue weighted by atomic mass is 10.1. The van der Waals surface area contributed by atoms with Gasteiger partial charge in [-0.15, -0.1) is 0 Å². The molecule has 0 aliphatic carbocycles. The van der Waals surface area contributed by atoms with Gasteiger partial charge >= 0.3 is 0 Å². The number of fused-ring (bicyclic) bond motifs is 2. The molecule has 4 rings (SSSR count). The SMILES string of the molecule is CCCN(Cc1nc2cc(Cl)ccc2c(=O)[nH]1)C(=O)CCC(=O)c1ccc2c(c1)OCCO2. The van der Waals surface area contributed by atoms with E-state index in [4.69, 9.17) is 21.1 Å². The number of rotatable bonds is 8. The summed E-state index contributed by atoms with van der Waals surface area (Å²) >= 11 is 6.03. The first-order valence-corrected chi connectivity index (χ1v) is 11.2. The van der Waals surface area contributed by atoms with Crippen LogP contribution in [-0.2, 0) is 11.3 Å². The fraction of sp³-hybridized carbons (Fsp3) is 0.333. The largest absolute Gasteiger partial charge is 0.486 e. The highest BCUT2D eigenvalue weighted by molar-refractivity contribution is 6.31. The molecule has 0 saturated carbocycles. The third kappa shape index (κ3) is 5.34. The maximum Gasteiger partial charge on any atom is 0.258 e. The fourth-order valence-corrected chi connectivity index (χ4v) is 3.88. The van der Waals surface area contributed by atoms with E-state index in [1.807, 2.05) is 6.92 Å². The van der Waals surface area contributed by atoms with Crippen molar-refractivity contribution in [2.24, 2.45) is 0 Å². The molecule has 1 aliphatic heterocycles. The number of hydrogen-bond acceptors (Lipinski definition) is 6. The van der Waals surface area contributed by atoms with Gasteiger partial charge in [-0.1, -0.05) is 18.5 Å². The molecule has 0 saturated heterocycles. The van der Waals surface area contributed by atoms with Crippen molar-refractivity contribution < 1.29 is 19.1 Å². The van der Waals surface area contributed by atoms with Crippen molar-refractivity contribution in [2.45, 2.75) is 32.7 Å². The second-order valence-corrected chi connectivity index (χ2v) is 8.21. The normalized spacial score (nSPS) is 12.5. The topological polar surface area (TPSA) is 102 Å². The summed E-state index contributed by atoms with van der Waals surface area (Å²) in [4.78, 5) is 46.7. The smallest absolute Gasteiger partial charge is 0.258 e. The second-order valence-electron chi connectivity index (χ2n) is 7.77. The lowest BCUT2D eigenvalue weighted by Crippen LogP contribution is -2.33. The second kappa shape index (κ2) is 10.0. The molecule has 1 aliphatic rings. The molecule has 1 aromatic heterocycles. The third-order valence-electron chi connectivity index (χ3n) is 5.33. The summed E-state index contributed by atoms with van der Waals surface area (Å²) < 4.78 is 11.0. The number of nitrogens with zero attached hydrogens (tertiary/aromatic N) is 2. The minimum atomic E-state index is -0.288. The van der Waals surface area contributed by atoms with Gasteiger partial charge in [0.15, 0.2) is 17.3 Å². The van der Waals surface area contributed by atoms with Crippen molar-refractivity contribution in [1.82, 2.24) is 14.9 Å². The van der Waals surface area contributed by atoms with Gasteiger partial charge < -0.3 is 19.4 Å². The average Bonchev–Trinajstić information content (AvgIpc) is 2.81. The third-order valence-corrected chi connectivity index (χ3v) is 5.57. The van der Waals surface area contributed by atoms with E-state index in [1.54, 1.807) is 41.3 Å². The number of hydrogen-bond donors (Lipinski definition) is 1. The van der Waals surface area contributed by atoms with Crippen LogP contribution < -0.4 is 15.0 Å². The van der Waals surface area contributed by atoms with Gasteiger partial charge in [-0.3, -0.25) is 14.4 Å². The number of H-pyrrole nitrogens is 1. The van der Waals surface area contributed by atoms with Crippen LogP contribution in [0.15, 0.2) is 41.2 Å². The van der Waals surface area contributed by atoms with Crippen LogP contribution in [0.4, 0.5) is 0 Å². The Balaban J connectivity index is 1.43. The Kier molecular flexibility index (Phi) is 6.93. The van der Waals surface area contributed by atoms with E-state index in [0.717, 1.165) is 6.42 Å². The molecule has 0 atom stereocenters. The molecule has 2 aromatic carbocycles. The highest BCUT2D eigenvalue weighted by Gasteiger charge is 2.19. The Bertz CT molecular complexity index is 1260. The van der Waals surface area contributed by atoms with Gasteiger partial charge in [-0.25, -0.2) is 4.98 Å². The van der Waals surface area contributed by atoms with Crippen molar-refractivity contribution in [1.29, 1.82) is 0 Å². The van der Waals surface area contributed by atoms with Crippen LogP contribution in [0.25, 0.3) is 10.9 Å². The van der Waals surface area contributed by atoms with Crippen molar-refractivity contribution >= 4 is 34.2 Å². The number of aromatic amines is 1. The number of carbonyl (C=O) groups excluding carboxylic acids is 2. The number of nitrogens with one attached hydrogen (secondary N) is 1. The quantitative estimate of drug-likeness (QED) is 0.504. The van der Waals surface area contributed by atoms with Gasteiger partial charge in [-0.05, 0) is 42.8 Å². The molecule has 9 heteroatoms. The monoisotopic (exact) mass is 469 g/mol. The lowest BCUT2D eigenvalue weighted by molar-refractivity contribution is -0.131. The van der Waals surface area contributed by atoms with Crippen LogP contribution in [0.3, 0.4) is 0 Å². The van der Waals surface area contributed by atoms with Crippen molar-refractivity contribution in [3.63, 3.8) is 0 Å². The van der Waals surface area contributed by atoms with Crippen LogP contribution in [0, 0.1) is 0 Å². The Labute approximate surface area is 195 Å². The highest BCUT2D eigenvalue weighted by atomic mass is 35.5. The summed E-state index contributed by atoms with van der Waals surface area (Å²) in [6.07, 6.45) is 0.846. The Morgan fingerprint density at radius 3 is 2.67 bits per heavy atom. The number of ketones is 1. The summed E-state index contributed by atoms with van der Waals surface area (Å²) in [5, 5.41) is 0.909. The average molecular weight is 470 g/mol. The van der Waals surface area contributed by atoms with E-state index in [-0.39, 0.29) is 36.6 Å². The predicted octanol–water partition coefficient (Wildman–Crippen LogP) is 3.75. The summed E-state index contributed by atoms with van der Waals surface area (Å²) in [7, 11) is 0. The number of Topliss-reactive ketones (excluding diaryl/α,β-unsaturated/α-hetero) is 1. The highest BCUT2D eigenvalue weighted by Crippen LogP contribution is 2.31. The summed E-state index contributed by atoms with van der Waals surface area (Å²) in [6, 6.07) is 9.91. The Morgan fingerprint density at radius 1 is 1.09 bits per heavy atom. The van der Waals surface area contributed by atoms with Gasteiger partial charge in [-0.2, -0.15) is 0 Å². The zero-order valence-corrected chi connectivity index (χ0v) is 19.0. The zero-order chi connectivity index (χ0) is 23.4. The van der Waals surface area contributed by atoms with E-state index in [9.17, 15) is 14.4 Å². The first-order valence-electron chi connectivity index (χ1n) is 10.8. The van der Waals surface area contributed by atoms with Crippen LogP contribution >= 0.6 is 11.6 Å². The maximum absolute atomic E-state index is 12.9. The lowest BCUT2D eigenvalue weighted by Gasteiger charge is -2.22. The van der Waals surface area contributed by atoms with Crippen LogP contribution in [0.5, 0.6) is 11.5 Å². The number of halogens is 1. The van der Waals surface area contributed by atoms with E-state index in [1.165, 1.54) is 0 Å². The molecule has 0 spiro atoms. The first-order chi connectivity index (χ1) is 15.9. The standard InChI is InChI=1S/C24H24ClN3O5/c1-2-9-28(14-22-26-18-13-16(25)4-5-17(18)24(31)27-22)23(30)8-6-19(29)15-3-7-20-21(12-15)33-11-10-32-20/h3-5,7,12-13H,2,6,8-11,14H2,1H3,(H,26,27,31). The molecule has 1 amide bonds. The van der Waals surface area contributed by atoms with Crippen LogP contribution in [0.1, 0.15) is 42.4 Å². The molecule has 0 bridgehead atoms. The predicted molar refractivity (Wildman–Crippen MR) is 124 cm³/mol. The molecule has 0 radical (unpaired) electrons. The van der Waals surface area contributed by atoms with Crippen molar-refractivity contribution in [3.8, 4) is 11.5 Å². The summed E-state index contributed by atoms with van der Waals surface area (Å²) in [5.74, 6) is 1.19. The zero-order valence-electron chi connectivity index (χ0n) is 18.2. The van der Waals surface area contributed by atoms with E-state index in [2.05, 4.69) is 9.97 Å². The fourth-order valence-electron chi connectivity index (χ4n) is 3.72. The van der Waals surface area contributed by atoms with Gasteiger partial charge in [0.05, 0.1) is 17.4 Å². The van der Waals surface area contributed by atoms with Crippen LogP contribution in [-0.4, -0.2) is 46.3 Å². The van der Waals surface area contributed by atoms with Gasteiger partial charge in [0.2, 0.25) is 5.91 Å². The van der Waals surface area contributed by atoms with E-state index in [0.29, 0.717) is 58.6 Å². The molecule has 33 heavy (non-hydrogen) atoms. The number of aromatic nitrogens is 2. The molecule has 0 fully saturated rings. The molecule has 172 valence electrons. The minimum Gasteiger partial charge on any atom is -0.486 e. The van der Waals surface area contributed by atoms with Gasteiger partial charge in [0, 0.05) is 30.0 Å². The molecule has 8 nitrogen and oxygen atoms in total. The summed E-state index contributed by atoms with van der Waals surface area (Å²) in [6.45, 7) is 3.49. The van der Waals surface area contributed by atoms with Gasteiger partial charge in [0.1, 0.15) is 19.0 Å². The molecule has 0 unspecified atom stereocenters. The van der Waals surface area contributed by atoms with Gasteiger partial charge in [0.25, 0.3) is 5.56 Å². The molecular weight excluding hydrogens is 446 g/mol. The number of amides is 1. The number of ether oxygens (including phenoxy) is 2. The molecule has 1 N–H and O–H groups in total. The van der Waals surface area contributed by atoms with Crippen molar-refractivity contribution in [3.05, 3.63) is 63.2 Å². The Hall–Kier alpha value is -3.39. The maximum atomic E-state index is 12.9. The minimum absolute atomic E-state index is 0.0525. The molecular formula is C24H24ClN3O5. The van der Waals surface area contributed by atoms with E-state index < -0.39 is 0 Å². The summed E-state index contributed by atoms with van der Waals surface area (Å²) in [5.41, 5.74) is 0.662. The Morgan fingerprint density at radius 2 is 1.88 bits per heavy atom. The number of carbonyl (C=O) groups is 2. The first kappa shape index (κ1) is 22.8. The molecule has 2 heterocycles. The van der Waals surface area contributed by atoms with E-state index >= 15 is 0 Å².